The van der Waals surface area contributed by atoms with E-state index in [1.807, 2.05) is 6.92 Å². The molecular weight excluding hydrogens is 318 g/mol. The van der Waals surface area contributed by atoms with E-state index in [1.165, 1.54) is 0 Å². The van der Waals surface area contributed by atoms with E-state index < -0.39 is 25.3 Å². The SMILES string of the molecule is CCO[Si]1(CN([Si](C)(C)C)[Si](C)(C)C)OCCOCCO1. The topological polar surface area (TPSA) is 40.2 Å². The van der Waals surface area contributed by atoms with E-state index in [2.05, 4.69) is 43.5 Å². The van der Waals surface area contributed by atoms with Gasteiger partial charge in [0.05, 0.1) is 32.6 Å². The maximum Gasteiger partial charge on any atom is 0.514 e. The molecule has 0 aromatic heterocycles. The summed E-state index contributed by atoms with van der Waals surface area (Å²) in [5, 5.41) is 0. The van der Waals surface area contributed by atoms with E-state index in [0.29, 0.717) is 33.0 Å². The highest BCUT2D eigenvalue weighted by Crippen LogP contribution is 2.24. The van der Waals surface area contributed by atoms with Gasteiger partial charge in [-0.05, 0) is 6.92 Å². The fourth-order valence-corrected chi connectivity index (χ4v) is 17.9. The number of hydrogen-bond acceptors (Lipinski definition) is 5. The summed E-state index contributed by atoms with van der Waals surface area (Å²) in [4.78, 5) is 0. The van der Waals surface area contributed by atoms with Gasteiger partial charge in [-0.1, -0.05) is 39.3 Å². The van der Waals surface area contributed by atoms with Crippen LogP contribution in [0.2, 0.25) is 39.3 Å². The largest absolute Gasteiger partial charge is 0.514 e. The van der Waals surface area contributed by atoms with Crippen LogP contribution in [0, 0.1) is 0 Å². The molecule has 8 heteroatoms. The van der Waals surface area contributed by atoms with E-state index in [0.717, 1.165) is 6.17 Å². The van der Waals surface area contributed by atoms with Crippen LogP contribution in [0.5, 0.6) is 0 Å². The summed E-state index contributed by atoms with van der Waals surface area (Å²) in [5.74, 6) is 0. The van der Waals surface area contributed by atoms with Crippen LogP contribution in [0.3, 0.4) is 0 Å². The molecule has 0 unspecified atom stereocenters. The van der Waals surface area contributed by atoms with Crippen molar-refractivity contribution < 1.29 is 18.0 Å². The molecule has 0 spiro atoms. The molecule has 0 aromatic rings. The van der Waals surface area contributed by atoms with Gasteiger partial charge >= 0.3 is 8.80 Å². The molecule has 1 rings (SSSR count). The molecule has 1 saturated heterocycles. The Morgan fingerprint density at radius 1 is 0.905 bits per heavy atom. The lowest BCUT2D eigenvalue weighted by atomic mass is 10.7. The Hall–Kier alpha value is 0.451. The van der Waals surface area contributed by atoms with Crippen molar-refractivity contribution in [2.75, 3.05) is 39.2 Å². The van der Waals surface area contributed by atoms with Crippen LogP contribution in [0.1, 0.15) is 6.92 Å². The first-order valence-corrected chi connectivity index (χ1v) is 16.7. The zero-order chi connectivity index (χ0) is 16.1. The van der Waals surface area contributed by atoms with E-state index in [-0.39, 0.29) is 0 Å². The first kappa shape index (κ1) is 19.5. The zero-order valence-corrected chi connectivity index (χ0v) is 17.8. The third-order valence-electron chi connectivity index (χ3n) is 3.43. The Morgan fingerprint density at radius 2 is 1.38 bits per heavy atom. The lowest BCUT2D eigenvalue weighted by Crippen LogP contribution is -2.67. The van der Waals surface area contributed by atoms with Crippen molar-refractivity contribution in [2.45, 2.75) is 46.2 Å². The van der Waals surface area contributed by atoms with Crippen molar-refractivity contribution in [2.24, 2.45) is 0 Å². The summed E-state index contributed by atoms with van der Waals surface area (Å²) < 4.78 is 26.4. The lowest BCUT2D eigenvalue weighted by Gasteiger charge is -2.46. The number of rotatable bonds is 6. The number of hydrogen-bond donors (Lipinski definition) is 0. The van der Waals surface area contributed by atoms with Gasteiger partial charge in [0.2, 0.25) is 0 Å². The third kappa shape index (κ3) is 6.22. The molecule has 0 saturated carbocycles. The van der Waals surface area contributed by atoms with Gasteiger partial charge in [0.25, 0.3) is 0 Å². The van der Waals surface area contributed by atoms with Gasteiger partial charge in [0.1, 0.15) is 16.5 Å². The average Bonchev–Trinajstić information content (AvgIpc) is 2.28. The van der Waals surface area contributed by atoms with Crippen molar-refractivity contribution >= 4 is 25.3 Å². The smallest absolute Gasteiger partial charge is 0.377 e. The molecule has 1 fully saturated rings. The van der Waals surface area contributed by atoms with Gasteiger partial charge in [-0.3, -0.25) is 0 Å². The summed E-state index contributed by atoms with van der Waals surface area (Å²) in [6, 6.07) is 0. The second-order valence-corrected chi connectivity index (χ2v) is 20.1. The predicted molar refractivity (Wildman–Crippen MR) is 93.5 cm³/mol. The van der Waals surface area contributed by atoms with Crippen LogP contribution >= 0.6 is 0 Å². The van der Waals surface area contributed by atoms with Crippen LogP contribution in [0.25, 0.3) is 0 Å². The maximum absolute atomic E-state index is 6.10. The van der Waals surface area contributed by atoms with Crippen molar-refractivity contribution in [3.8, 4) is 0 Å². The molecule has 126 valence electrons. The molecule has 1 aliphatic heterocycles. The average molecular weight is 352 g/mol. The normalized spacial score (nSPS) is 21.1. The van der Waals surface area contributed by atoms with Crippen LogP contribution in [-0.4, -0.2) is 68.7 Å². The minimum Gasteiger partial charge on any atom is -0.377 e. The first-order valence-electron chi connectivity index (χ1n) is 7.88. The fourth-order valence-electron chi connectivity index (χ4n) is 2.77. The Morgan fingerprint density at radius 3 is 1.76 bits per heavy atom. The maximum atomic E-state index is 6.10. The van der Waals surface area contributed by atoms with Gasteiger partial charge in [0.15, 0.2) is 0 Å². The van der Waals surface area contributed by atoms with Crippen molar-refractivity contribution in [3.05, 3.63) is 0 Å². The van der Waals surface area contributed by atoms with E-state index in [9.17, 15) is 0 Å². The highest BCUT2D eigenvalue weighted by molar-refractivity contribution is 6.90. The van der Waals surface area contributed by atoms with Crippen LogP contribution in [0.15, 0.2) is 0 Å². The summed E-state index contributed by atoms with van der Waals surface area (Å²) in [6.45, 7) is 19.4. The molecule has 0 aliphatic carbocycles. The monoisotopic (exact) mass is 351 g/mol. The Balaban J connectivity index is 2.96. The lowest BCUT2D eigenvalue weighted by molar-refractivity contribution is -0.0168. The molecule has 0 radical (unpaired) electrons. The van der Waals surface area contributed by atoms with Crippen molar-refractivity contribution in [1.29, 1.82) is 0 Å². The quantitative estimate of drug-likeness (QED) is 0.688. The van der Waals surface area contributed by atoms with Gasteiger partial charge in [-0.25, -0.2) is 0 Å². The highest BCUT2D eigenvalue weighted by atomic mass is 28.4. The molecule has 5 nitrogen and oxygen atoms in total. The van der Waals surface area contributed by atoms with E-state index in [1.54, 1.807) is 0 Å². The van der Waals surface area contributed by atoms with Crippen LogP contribution in [-0.2, 0) is 18.0 Å². The summed E-state index contributed by atoms with van der Waals surface area (Å²) in [6.07, 6.45) is 0.826. The molecule has 1 aliphatic rings. The fraction of sp³-hybridized carbons (Fsp3) is 1.00. The molecule has 1 heterocycles. The zero-order valence-electron chi connectivity index (χ0n) is 14.8. The molecular formula is C13H33NO4Si3. The standard InChI is InChI=1S/C13H33NO4Si3/c1-8-16-21(17-11-9-15-10-12-18-21)13-14(19(2,3)4)20(5,6)7/h8-13H2,1-7H3. The highest BCUT2D eigenvalue weighted by Gasteiger charge is 2.48. The molecule has 21 heavy (non-hydrogen) atoms. The minimum atomic E-state index is -2.63. The molecule has 0 N–H and O–H groups in total. The molecule has 0 amide bonds. The van der Waals surface area contributed by atoms with Gasteiger partial charge in [-0.15, -0.1) is 0 Å². The van der Waals surface area contributed by atoms with Gasteiger partial charge < -0.3 is 22.2 Å². The van der Waals surface area contributed by atoms with E-state index >= 15 is 0 Å². The molecule has 0 aromatic carbocycles. The Kier molecular flexibility index (Phi) is 7.26. The molecule has 0 bridgehead atoms. The van der Waals surface area contributed by atoms with Crippen LogP contribution in [0.4, 0.5) is 0 Å². The summed E-state index contributed by atoms with van der Waals surface area (Å²) >= 11 is 0. The van der Waals surface area contributed by atoms with Crippen molar-refractivity contribution in [1.82, 2.24) is 4.23 Å². The summed E-state index contributed by atoms with van der Waals surface area (Å²) in [7, 11) is -5.54. The second-order valence-electron chi connectivity index (χ2n) is 7.35. The Labute approximate surface area is 133 Å². The molecule has 0 atom stereocenters. The minimum absolute atomic E-state index is 0.567. The Bertz CT molecular complexity index is 296. The summed E-state index contributed by atoms with van der Waals surface area (Å²) in [5.41, 5.74) is 0. The van der Waals surface area contributed by atoms with Gasteiger partial charge in [0, 0.05) is 6.61 Å². The second kappa shape index (κ2) is 7.82. The number of nitrogens with zero attached hydrogens (tertiary/aromatic N) is 1. The predicted octanol–water partition coefficient (Wildman–Crippen LogP) is 2.54. The third-order valence-corrected chi connectivity index (χ3v) is 14.4. The van der Waals surface area contributed by atoms with Crippen molar-refractivity contribution in [3.63, 3.8) is 0 Å². The van der Waals surface area contributed by atoms with Crippen LogP contribution < -0.4 is 0 Å². The van der Waals surface area contributed by atoms with Gasteiger partial charge in [-0.2, -0.15) is 0 Å². The first-order chi connectivity index (χ1) is 9.61. The van der Waals surface area contributed by atoms with E-state index in [4.69, 9.17) is 18.0 Å². The number of ether oxygens (including phenoxy) is 1.